The largest absolute Gasteiger partial charge is 0.508 e. The standard InChI is InChI=1S/C22H44O3/c1-3-5-7-8-9-10-11-12-13-14-15-16-17-18-19-21-25-22(23)24-20-6-4-2/h3-21H2,1-2H3. The van der Waals surface area contributed by atoms with Crippen molar-refractivity contribution in [1.29, 1.82) is 0 Å². The second-order valence-corrected chi connectivity index (χ2v) is 7.25. The topological polar surface area (TPSA) is 35.5 Å². The summed E-state index contributed by atoms with van der Waals surface area (Å²) in [5.41, 5.74) is 0. The summed E-state index contributed by atoms with van der Waals surface area (Å²) < 4.78 is 9.99. The Morgan fingerprint density at radius 1 is 0.480 bits per heavy atom. The van der Waals surface area contributed by atoms with Gasteiger partial charge in [0.2, 0.25) is 0 Å². The van der Waals surface area contributed by atoms with Crippen molar-refractivity contribution >= 4 is 6.16 Å². The van der Waals surface area contributed by atoms with Crippen molar-refractivity contribution < 1.29 is 14.3 Å². The van der Waals surface area contributed by atoms with Gasteiger partial charge in [0.05, 0.1) is 13.2 Å². The normalized spacial score (nSPS) is 10.8. The average molecular weight is 357 g/mol. The first-order chi connectivity index (χ1) is 12.3. The molecule has 0 radical (unpaired) electrons. The first-order valence-corrected chi connectivity index (χ1v) is 11.1. The van der Waals surface area contributed by atoms with Gasteiger partial charge in [0, 0.05) is 0 Å². The maximum atomic E-state index is 11.2. The van der Waals surface area contributed by atoms with E-state index in [-0.39, 0.29) is 0 Å². The van der Waals surface area contributed by atoms with Gasteiger partial charge in [0.25, 0.3) is 0 Å². The van der Waals surface area contributed by atoms with Gasteiger partial charge in [-0.05, 0) is 12.8 Å². The van der Waals surface area contributed by atoms with E-state index in [4.69, 9.17) is 9.47 Å². The van der Waals surface area contributed by atoms with Gasteiger partial charge < -0.3 is 9.47 Å². The summed E-state index contributed by atoms with van der Waals surface area (Å²) in [5, 5.41) is 0. The molecule has 3 nitrogen and oxygen atoms in total. The Morgan fingerprint density at radius 2 is 0.800 bits per heavy atom. The van der Waals surface area contributed by atoms with Gasteiger partial charge in [-0.3, -0.25) is 0 Å². The molecule has 0 saturated carbocycles. The third-order valence-corrected chi connectivity index (χ3v) is 4.69. The summed E-state index contributed by atoms with van der Waals surface area (Å²) in [5.74, 6) is 0. The summed E-state index contributed by atoms with van der Waals surface area (Å²) >= 11 is 0. The van der Waals surface area contributed by atoms with Crippen LogP contribution in [0.3, 0.4) is 0 Å². The number of carbonyl (C=O) groups excluding carboxylic acids is 1. The fraction of sp³-hybridized carbons (Fsp3) is 0.955. The Balaban J connectivity index is 3.06. The second-order valence-electron chi connectivity index (χ2n) is 7.25. The highest BCUT2D eigenvalue weighted by molar-refractivity contribution is 5.59. The third kappa shape index (κ3) is 21.2. The quantitative estimate of drug-likeness (QED) is 0.175. The van der Waals surface area contributed by atoms with Crippen LogP contribution in [0.25, 0.3) is 0 Å². The predicted molar refractivity (Wildman–Crippen MR) is 107 cm³/mol. The minimum atomic E-state index is -0.501. The highest BCUT2D eigenvalue weighted by atomic mass is 16.7. The molecule has 3 heteroatoms. The zero-order valence-electron chi connectivity index (χ0n) is 17.2. The maximum absolute atomic E-state index is 11.2. The lowest BCUT2D eigenvalue weighted by atomic mass is 10.0. The molecule has 150 valence electrons. The second kappa shape index (κ2) is 21.3. The van der Waals surface area contributed by atoms with Crippen molar-refractivity contribution in [2.45, 2.75) is 123 Å². The van der Waals surface area contributed by atoms with Crippen LogP contribution in [0.1, 0.15) is 123 Å². The smallest absolute Gasteiger partial charge is 0.434 e. The van der Waals surface area contributed by atoms with E-state index in [1.165, 1.54) is 83.5 Å². The average Bonchev–Trinajstić information content (AvgIpc) is 2.61. The Bertz CT molecular complexity index is 266. The van der Waals surface area contributed by atoms with Crippen molar-refractivity contribution in [1.82, 2.24) is 0 Å². The van der Waals surface area contributed by atoms with E-state index >= 15 is 0 Å². The van der Waals surface area contributed by atoms with E-state index in [0.717, 1.165) is 25.7 Å². The van der Waals surface area contributed by atoms with Crippen LogP contribution in [0.2, 0.25) is 0 Å². The van der Waals surface area contributed by atoms with E-state index in [0.29, 0.717) is 13.2 Å². The molecule has 0 rings (SSSR count). The fourth-order valence-corrected chi connectivity index (χ4v) is 2.97. The Kier molecular flexibility index (Phi) is 20.7. The van der Waals surface area contributed by atoms with Crippen molar-refractivity contribution in [3.63, 3.8) is 0 Å². The highest BCUT2D eigenvalue weighted by Crippen LogP contribution is 2.13. The van der Waals surface area contributed by atoms with Gasteiger partial charge >= 0.3 is 6.16 Å². The number of rotatable bonds is 19. The van der Waals surface area contributed by atoms with Gasteiger partial charge in [-0.2, -0.15) is 0 Å². The van der Waals surface area contributed by atoms with E-state index in [2.05, 4.69) is 13.8 Å². The summed E-state index contributed by atoms with van der Waals surface area (Å²) in [6.07, 6.45) is 21.6. The lowest BCUT2D eigenvalue weighted by Gasteiger charge is -2.06. The van der Waals surface area contributed by atoms with E-state index in [1.807, 2.05) is 0 Å². The van der Waals surface area contributed by atoms with Crippen LogP contribution in [-0.4, -0.2) is 19.4 Å². The van der Waals surface area contributed by atoms with Gasteiger partial charge in [0.15, 0.2) is 0 Å². The van der Waals surface area contributed by atoms with Crippen LogP contribution >= 0.6 is 0 Å². The zero-order chi connectivity index (χ0) is 18.4. The molecular weight excluding hydrogens is 312 g/mol. The van der Waals surface area contributed by atoms with Crippen molar-refractivity contribution in [2.24, 2.45) is 0 Å². The zero-order valence-corrected chi connectivity index (χ0v) is 17.2. The molecule has 0 spiro atoms. The monoisotopic (exact) mass is 356 g/mol. The minimum Gasteiger partial charge on any atom is -0.434 e. The molecule has 0 aromatic heterocycles. The molecule has 0 aliphatic carbocycles. The van der Waals surface area contributed by atoms with Gasteiger partial charge in [-0.25, -0.2) is 4.79 Å². The van der Waals surface area contributed by atoms with Gasteiger partial charge in [-0.15, -0.1) is 0 Å². The van der Waals surface area contributed by atoms with E-state index in [9.17, 15) is 4.79 Å². The molecule has 0 atom stereocenters. The maximum Gasteiger partial charge on any atom is 0.508 e. The lowest BCUT2D eigenvalue weighted by Crippen LogP contribution is -2.09. The first kappa shape index (κ1) is 24.3. The molecular formula is C22H44O3. The predicted octanol–water partition coefficient (Wildman–Crippen LogP) is 7.81. The molecule has 0 aromatic carbocycles. The molecule has 0 N–H and O–H groups in total. The summed E-state index contributed by atoms with van der Waals surface area (Å²) in [7, 11) is 0. The molecule has 25 heavy (non-hydrogen) atoms. The third-order valence-electron chi connectivity index (χ3n) is 4.69. The minimum absolute atomic E-state index is 0.480. The highest BCUT2D eigenvalue weighted by Gasteiger charge is 2.02. The summed E-state index contributed by atoms with van der Waals surface area (Å²) in [6, 6.07) is 0. The van der Waals surface area contributed by atoms with E-state index in [1.54, 1.807) is 0 Å². The molecule has 0 aliphatic heterocycles. The lowest BCUT2D eigenvalue weighted by molar-refractivity contribution is 0.0532. The Labute approximate surface area is 157 Å². The number of ether oxygens (including phenoxy) is 2. The molecule has 0 amide bonds. The molecule has 0 aliphatic rings. The van der Waals surface area contributed by atoms with Crippen LogP contribution in [0.5, 0.6) is 0 Å². The van der Waals surface area contributed by atoms with Crippen molar-refractivity contribution in [2.75, 3.05) is 13.2 Å². The molecule has 0 aromatic rings. The molecule has 0 fully saturated rings. The molecule has 0 saturated heterocycles. The molecule has 0 heterocycles. The van der Waals surface area contributed by atoms with Crippen molar-refractivity contribution in [3.8, 4) is 0 Å². The number of carbonyl (C=O) groups is 1. The fourth-order valence-electron chi connectivity index (χ4n) is 2.97. The van der Waals surface area contributed by atoms with Gasteiger partial charge in [0.1, 0.15) is 0 Å². The molecule has 0 bridgehead atoms. The van der Waals surface area contributed by atoms with Crippen LogP contribution in [0.4, 0.5) is 4.79 Å². The van der Waals surface area contributed by atoms with Crippen LogP contribution in [-0.2, 0) is 9.47 Å². The van der Waals surface area contributed by atoms with Crippen molar-refractivity contribution in [3.05, 3.63) is 0 Å². The van der Waals surface area contributed by atoms with Crippen LogP contribution < -0.4 is 0 Å². The first-order valence-electron chi connectivity index (χ1n) is 11.1. The van der Waals surface area contributed by atoms with E-state index < -0.39 is 6.16 Å². The van der Waals surface area contributed by atoms with Crippen LogP contribution in [0, 0.1) is 0 Å². The Hall–Kier alpha value is -0.730. The van der Waals surface area contributed by atoms with Gasteiger partial charge in [-0.1, -0.05) is 110 Å². The SMILES string of the molecule is CCCCCCCCCCCCCCCCCOC(=O)OCCCC. The Morgan fingerprint density at radius 3 is 1.20 bits per heavy atom. The number of unbranched alkanes of at least 4 members (excludes halogenated alkanes) is 15. The number of hydrogen-bond acceptors (Lipinski definition) is 3. The summed E-state index contributed by atoms with van der Waals surface area (Å²) in [6.45, 7) is 5.33. The summed E-state index contributed by atoms with van der Waals surface area (Å²) in [4.78, 5) is 11.2. The number of hydrogen-bond donors (Lipinski definition) is 0. The molecule has 0 unspecified atom stereocenters. The van der Waals surface area contributed by atoms with Crippen LogP contribution in [0.15, 0.2) is 0 Å².